The van der Waals surface area contributed by atoms with Crippen molar-refractivity contribution in [2.75, 3.05) is 5.73 Å². The van der Waals surface area contributed by atoms with Gasteiger partial charge in [-0.25, -0.2) is 9.97 Å². The fourth-order valence-electron chi connectivity index (χ4n) is 1.79. The molecule has 0 spiro atoms. The molecular formula is C11H14ClN5O. The molecule has 18 heavy (non-hydrogen) atoms. The van der Waals surface area contributed by atoms with E-state index < -0.39 is 0 Å². The van der Waals surface area contributed by atoms with Crippen molar-refractivity contribution in [2.45, 2.75) is 25.8 Å². The van der Waals surface area contributed by atoms with Crippen molar-refractivity contribution in [2.24, 2.45) is 5.73 Å². The molecule has 96 valence electrons. The van der Waals surface area contributed by atoms with Gasteiger partial charge in [0, 0.05) is 19.2 Å². The molecule has 0 aliphatic rings. The number of nitrogen functional groups attached to an aromatic ring is 1. The number of nitrogens with two attached hydrogens (primary N) is 2. The Morgan fingerprint density at radius 3 is 2.94 bits per heavy atom. The lowest BCUT2D eigenvalue weighted by Crippen LogP contribution is -2.10. The molecule has 2 heterocycles. The van der Waals surface area contributed by atoms with E-state index in [1.807, 2.05) is 4.57 Å². The monoisotopic (exact) mass is 267 g/mol. The van der Waals surface area contributed by atoms with Gasteiger partial charge >= 0.3 is 0 Å². The third kappa shape index (κ3) is 2.70. The van der Waals surface area contributed by atoms with Gasteiger partial charge in [-0.3, -0.25) is 9.36 Å². The number of hydrogen-bond donors (Lipinski definition) is 2. The third-order valence-electron chi connectivity index (χ3n) is 2.64. The molecule has 0 aromatic carbocycles. The van der Waals surface area contributed by atoms with Gasteiger partial charge in [-0.15, -0.1) is 0 Å². The number of nitrogens with zero attached hydrogens (tertiary/aromatic N) is 3. The van der Waals surface area contributed by atoms with Gasteiger partial charge in [0.25, 0.3) is 0 Å². The van der Waals surface area contributed by atoms with Gasteiger partial charge in [0.05, 0.1) is 5.02 Å². The predicted molar refractivity (Wildman–Crippen MR) is 70.0 cm³/mol. The van der Waals surface area contributed by atoms with Gasteiger partial charge in [0.2, 0.25) is 11.9 Å². The predicted octanol–water partition coefficient (Wildman–Crippen LogP) is 1.32. The molecule has 7 heteroatoms. The Labute approximate surface area is 109 Å². The molecule has 4 N–H and O–H groups in total. The fourth-order valence-corrected chi connectivity index (χ4v) is 1.95. The number of aromatic nitrogens is 3. The molecule has 0 bridgehead atoms. The second-order valence-corrected chi connectivity index (χ2v) is 4.48. The Kier molecular flexibility index (Phi) is 3.66. The van der Waals surface area contributed by atoms with Crippen LogP contribution in [0.25, 0.3) is 11.2 Å². The van der Waals surface area contributed by atoms with E-state index in [1.165, 1.54) is 0 Å². The van der Waals surface area contributed by atoms with Crippen LogP contribution in [0.3, 0.4) is 0 Å². The van der Waals surface area contributed by atoms with Crippen molar-refractivity contribution in [3.05, 3.63) is 17.3 Å². The minimum atomic E-state index is -0.289. The third-order valence-corrected chi connectivity index (χ3v) is 2.84. The molecule has 0 aliphatic heterocycles. The number of pyridine rings is 1. The highest BCUT2D eigenvalue weighted by Gasteiger charge is 2.09. The van der Waals surface area contributed by atoms with Crippen LogP contribution in [0.15, 0.2) is 12.3 Å². The average molecular weight is 268 g/mol. The Morgan fingerprint density at radius 1 is 1.44 bits per heavy atom. The van der Waals surface area contributed by atoms with E-state index in [4.69, 9.17) is 23.1 Å². The van der Waals surface area contributed by atoms with Crippen LogP contribution < -0.4 is 11.5 Å². The first-order valence-electron chi connectivity index (χ1n) is 5.63. The maximum absolute atomic E-state index is 10.6. The molecule has 0 atom stereocenters. The number of carbonyl (C=O) groups excluding carboxylic acids is 1. The van der Waals surface area contributed by atoms with Crippen LogP contribution in [0, 0.1) is 0 Å². The first-order valence-corrected chi connectivity index (χ1v) is 6.01. The minimum absolute atomic E-state index is 0.289. The molecule has 0 saturated heterocycles. The van der Waals surface area contributed by atoms with Crippen molar-refractivity contribution >= 4 is 34.6 Å². The number of aryl methyl sites for hydroxylation is 1. The summed E-state index contributed by atoms with van der Waals surface area (Å²) in [6.07, 6.45) is 3.46. The maximum atomic E-state index is 10.6. The van der Waals surface area contributed by atoms with Crippen molar-refractivity contribution in [1.82, 2.24) is 14.5 Å². The smallest absolute Gasteiger partial charge is 0.217 e. The van der Waals surface area contributed by atoms with Crippen molar-refractivity contribution in [3.8, 4) is 0 Å². The Bertz CT molecular complexity index is 580. The molecule has 0 radical (unpaired) electrons. The summed E-state index contributed by atoms with van der Waals surface area (Å²) in [6, 6.07) is 1.72. The van der Waals surface area contributed by atoms with Crippen LogP contribution in [0.2, 0.25) is 5.02 Å². The van der Waals surface area contributed by atoms with Crippen LogP contribution in [0.1, 0.15) is 19.3 Å². The number of unbranched alkanes of at least 4 members (excludes halogenated alkanes) is 1. The van der Waals surface area contributed by atoms with E-state index in [-0.39, 0.29) is 5.91 Å². The first kappa shape index (κ1) is 12.6. The lowest BCUT2D eigenvalue weighted by molar-refractivity contribution is -0.118. The number of primary amides is 1. The maximum Gasteiger partial charge on any atom is 0.217 e. The fraction of sp³-hybridized carbons (Fsp3) is 0.364. The van der Waals surface area contributed by atoms with Gasteiger partial charge in [-0.1, -0.05) is 11.6 Å². The average Bonchev–Trinajstić information content (AvgIpc) is 2.59. The summed E-state index contributed by atoms with van der Waals surface area (Å²) >= 11 is 5.84. The number of rotatable bonds is 5. The summed E-state index contributed by atoms with van der Waals surface area (Å²) in [5.41, 5.74) is 12.3. The number of imidazole rings is 1. The van der Waals surface area contributed by atoms with Crippen molar-refractivity contribution < 1.29 is 4.79 Å². The van der Waals surface area contributed by atoms with Crippen LogP contribution in [0.5, 0.6) is 0 Å². The number of anilines is 1. The Hall–Kier alpha value is -1.82. The Morgan fingerprint density at radius 2 is 2.22 bits per heavy atom. The topological polar surface area (TPSA) is 99.8 Å². The highest BCUT2D eigenvalue weighted by molar-refractivity contribution is 6.31. The zero-order chi connectivity index (χ0) is 13.1. The molecule has 6 nitrogen and oxygen atoms in total. The quantitative estimate of drug-likeness (QED) is 0.798. The van der Waals surface area contributed by atoms with E-state index in [0.29, 0.717) is 35.1 Å². The largest absolute Gasteiger partial charge is 0.370 e. The van der Waals surface area contributed by atoms with Gasteiger partial charge in [-0.2, -0.15) is 0 Å². The van der Waals surface area contributed by atoms with Gasteiger partial charge in [0.15, 0.2) is 5.65 Å². The van der Waals surface area contributed by atoms with Crippen LogP contribution in [-0.4, -0.2) is 20.4 Å². The molecule has 0 unspecified atom stereocenters. The lowest BCUT2D eigenvalue weighted by atomic mass is 10.2. The lowest BCUT2D eigenvalue weighted by Gasteiger charge is -2.04. The SMILES string of the molecule is NC(=O)CCCCn1c(N)nc2cc(Cl)cnc21. The molecule has 0 fully saturated rings. The molecule has 1 amide bonds. The summed E-state index contributed by atoms with van der Waals surface area (Å²) in [5.74, 6) is 0.113. The second kappa shape index (κ2) is 5.22. The summed E-state index contributed by atoms with van der Waals surface area (Å²) in [7, 11) is 0. The van der Waals surface area contributed by atoms with Crippen LogP contribution >= 0.6 is 11.6 Å². The zero-order valence-electron chi connectivity index (χ0n) is 9.77. The highest BCUT2D eigenvalue weighted by atomic mass is 35.5. The van der Waals surface area contributed by atoms with E-state index >= 15 is 0 Å². The number of fused-ring (bicyclic) bond motifs is 1. The minimum Gasteiger partial charge on any atom is -0.370 e. The molecule has 2 aromatic rings. The summed E-state index contributed by atoms with van der Waals surface area (Å²) < 4.78 is 1.81. The van der Waals surface area contributed by atoms with Gasteiger partial charge in [-0.05, 0) is 18.9 Å². The number of hydrogen-bond acceptors (Lipinski definition) is 4. The standard InChI is InChI=1S/C11H14ClN5O/c12-7-5-8-10(15-6-7)17(11(14)16-8)4-2-1-3-9(13)18/h5-6H,1-4H2,(H2,13,18)(H2,14,16). The summed E-state index contributed by atoms with van der Waals surface area (Å²) in [6.45, 7) is 0.657. The van der Waals surface area contributed by atoms with E-state index in [0.717, 1.165) is 12.8 Å². The number of carbonyl (C=O) groups is 1. The molecule has 2 rings (SSSR count). The second-order valence-electron chi connectivity index (χ2n) is 4.04. The molecule has 2 aromatic heterocycles. The van der Waals surface area contributed by atoms with E-state index in [1.54, 1.807) is 12.3 Å². The molecule has 0 saturated carbocycles. The van der Waals surface area contributed by atoms with Crippen LogP contribution in [-0.2, 0) is 11.3 Å². The van der Waals surface area contributed by atoms with Gasteiger partial charge in [0.1, 0.15) is 5.52 Å². The Balaban J connectivity index is 2.12. The summed E-state index contributed by atoms with van der Waals surface area (Å²) in [4.78, 5) is 19.0. The highest BCUT2D eigenvalue weighted by Crippen LogP contribution is 2.19. The van der Waals surface area contributed by atoms with E-state index in [2.05, 4.69) is 9.97 Å². The first-order chi connectivity index (χ1) is 8.58. The van der Waals surface area contributed by atoms with E-state index in [9.17, 15) is 4.79 Å². The van der Waals surface area contributed by atoms with Crippen molar-refractivity contribution in [1.29, 1.82) is 0 Å². The van der Waals surface area contributed by atoms with Gasteiger partial charge < -0.3 is 11.5 Å². The zero-order valence-corrected chi connectivity index (χ0v) is 10.5. The number of halogens is 1. The molecule has 0 aliphatic carbocycles. The van der Waals surface area contributed by atoms with Crippen molar-refractivity contribution in [3.63, 3.8) is 0 Å². The van der Waals surface area contributed by atoms with Crippen LogP contribution in [0.4, 0.5) is 5.95 Å². The number of amides is 1. The summed E-state index contributed by atoms with van der Waals surface area (Å²) in [5, 5.41) is 0.529. The normalized spacial score (nSPS) is 10.9. The molecular weight excluding hydrogens is 254 g/mol.